The third kappa shape index (κ3) is 3.57. The molecule has 1 atom stereocenters. The van der Waals surface area contributed by atoms with Crippen LogP contribution in [-0.4, -0.2) is 24.6 Å². The highest BCUT2D eigenvalue weighted by Gasteiger charge is 2.37. The van der Waals surface area contributed by atoms with Gasteiger partial charge in [0.05, 0.1) is 28.8 Å². The van der Waals surface area contributed by atoms with Crippen LogP contribution in [0.25, 0.3) is 22.0 Å². The molecule has 170 valence electrons. The van der Waals surface area contributed by atoms with Gasteiger partial charge in [-0.15, -0.1) is 0 Å². The summed E-state index contributed by atoms with van der Waals surface area (Å²) in [5.41, 5.74) is 4.35. The number of imidazole rings is 1. The summed E-state index contributed by atoms with van der Waals surface area (Å²) < 4.78 is 1.81. The molecule has 0 saturated heterocycles. The van der Waals surface area contributed by atoms with Crippen LogP contribution in [-0.2, 0) is 12.6 Å². The smallest absolute Gasteiger partial charge is 0.157 e. The lowest BCUT2D eigenvalue weighted by molar-refractivity contribution is 0.117. The summed E-state index contributed by atoms with van der Waals surface area (Å²) in [5, 5.41) is 13.9. The molecule has 0 amide bonds. The molecule has 0 spiro atoms. The monoisotopic (exact) mass is 488 g/mol. The zero-order valence-electron chi connectivity index (χ0n) is 18.9. The SMILES string of the molecule is Cc1cc(C(O)(c2cc(C)c3nc(Cl)c(-c4ccccc4)c(Cl)c3c2)c2cncn2C)ccn1. The van der Waals surface area contributed by atoms with Crippen molar-refractivity contribution in [2.75, 3.05) is 0 Å². The number of aliphatic hydroxyl groups is 1. The van der Waals surface area contributed by atoms with Gasteiger partial charge in [-0.2, -0.15) is 0 Å². The van der Waals surface area contributed by atoms with Gasteiger partial charge in [0, 0.05) is 29.9 Å². The van der Waals surface area contributed by atoms with E-state index in [1.165, 1.54) is 0 Å². The van der Waals surface area contributed by atoms with Crippen molar-refractivity contribution < 1.29 is 5.11 Å². The second kappa shape index (κ2) is 8.51. The Morgan fingerprint density at radius 1 is 0.971 bits per heavy atom. The Morgan fingerprint density at radius 2 is 1.74 bits per heavy atom. The van der Waals surface area contributed by atoms with Crippen LogP contribution in [0.3, 0.4) is 0 Å². The fraction of sp³-hybridized carbons (Fsp3) is 0.148. The first-order valence-corrected chi connectivity index (χ1v) is 11.5. The lowest BCUT2D eigenvalue weighted by Gasteiger charge is -2.30. The molecule has 0 radical (unpaired) electrons. The highest BCUT2D eigenvalue weighted by atomic mass is 35.5. The molecule has 0 bridgehead atoms. The Kier molecular flexibility index (Phi) is 5.64. The maximum absolute atomic E-state index is 12.4. The molecule has 0 aliphatic carbocycles. The molecule has 34 heavy (non-hydrogen) atoms. The first kappa shape index (κ1) is 22.5. The van der Waals surface area contributed by atoms with Gasteiger partial charge in [0.25, 0.3) is 0 Å². The van der Waals surface area contributed by atoms with Gasteiger partial charge < -0.3 is 9.67 Å². The maximum atomic E-state index is 12.4. The number of benzene rings is 2. The molecular weight excluding hydrogens is 467 g/mol. The third-order valence-corrected chi connectivity index (χ3v) is 6.82. The van der Waals surface area contributed by atoms with Crippen LogP contribution in [0, 0.1) is 13.8 Å². The van der Waals surface area contributed by atoms with Crippen molar-refractivity contribution in [1.29, 1.82) is 0 Å². The number of aromatic nitrogens is 4. The molecule has 3 aromatic heterocycles. The first-order chi connectivity index (χ1) is 16.3. The van der Waals surface area contributed by atoms with Gasteiger partial charge in [0.2, 0.25) is 0 Å². The van der Waals surface area contributed by atoms with Crippen molar-refractivity contribution in [3.8, 4) is 11.1 Å². The van der Waals surface area contributed by atoms with Gasteiger partial charge in [-0.25, -0.2) is 9.97 Å². The molecule has 5 rings (SSSR count). The summed E-state index contributed by atoms with van der Waals surface area (Å²) in [5.74, 6) is 0. The van der Waals surface area contributed by atoms with E-state index in [-0.39, 0.29) is 0 Å². The standard InChI is InChI=1S/C27H22Cl2N4O/c1-16-11-20(27(34,22-14-30-15-33(22)3)19-9-10-31-17(2)12-19)13-21-24(28)23(26(29)32-25(16)21)18-7-5-4-6-8-18/h4-15,34H,1-3H3. The number of hydrogen-bond acceptors (Lipinski definition) is 4. The van der Waals surface area contributed by atoms with E-state index in [1.807, 2.05) is 80.1 Å². The highest BCUT2D eigenvalue weighted by molar-refractivity contribution is 6.42. The van der Waals surface area contributed by atoms with E-state index < -0.39 is 5.60 Å². The first-order valence-electron chi connectivity index (χ1n) is 10.8. The number of halogens is 2. The molecule has 5 aromatic rings. The highest BCUT2D eigenvalue weighted by Crippen LogP contribution is 2.43. The van der Waals surface area contributed by atoms with Gasteiger partial charge in [0.15, 0.2) is 5.60 Å². The quantitative estimate of drug-likeness (QED) is 0.304. The van der Waals surface area contributed by atoms with E-state index in [1.54, 1.807) is 18.7 Å². The van der Waals surface area contributed by atoms with Crippen LogP contribution >= 0.6 is 23.2 Å². The predicted octanol–water partition coefficient (Wildman–Crippen LogP) is 6.24. The molecule has 0 aliphatic rings. The second-order valence-electron chi connectivity index (χ2n) is 8.43. The molecule has 3 heterocycles. The molecule has 7 heteroatoms. The Labute approximate surface area is 207 Å². The fourth-order valence-electron chi connectivity index (χ4n) is 4.47. The average molecular weight is 489 g/mol. The van der Waals surface area contributed by atoms with Crippen molar-refractivity contribution in [2.24, 2.45) is 7.05 Å². The number of pyridine rings is 2. The normalized spacial score (nSPS) is 13.2. The van der Waals surface area contributed by atoms with E-state index in [0.717, 1.165) is 16.8 Å². The van der Waals surface area contributed by atoms with E-state index in [9.17, 15) is 5.11 Å². The van der Waals surface area contributed by atoms with Crippen molar-refractivity contribution in [3.63, 3.8) is 0 Å². The minimum Gasteiger partial charge on any atom is -0.374 e. The summed E-state index contributed by atoms with van der Waals surface area (Å²) in [6.45, 7) is 3.84. The molecule has 1 unspecified atom stereocenters. The van der Waals surface area contributed by atoms with E-state index in [4.69, 9.17) is 23.2 Å². The summed E-state index contributed by atoms with van der Waals surface area (Å²) in [7, 11) is 1.86. The third-order valence-electron chi connectivity index (χ3n) is 6.15. The number of hydrogen-bond donors (Lipinski definition) is 1. The Bertz CT molecular complexity index is 1530. The van der Waals surface area contributed by atoms with Crippen LogP contribution in [0.4, 0.5) is 0 Å². The van der Waals surface area contributed by atoms with Crippen LogP contribution in [0.5, 0.6) is 0 Å². The van der Waals surface area contributed by atoms with Crippen LogP contribution in [0.1, 0.15) is 28.1 Å². The van der Waals surface area contributed by atoms with Gasteiger partial charge in [-0.05, 0) is 54.3 Å². The molecule has 0 saturated carbocycles. The number of rotatable bonds is 4. The van der Waals surface area contributed by atoms with E-state index in [2.05, 4.69) is 15.0 Å². The van der Waals surface area contributed by atoms with E-state index in [0.29, 0.717) is 43.5 Å². The Hall–Kier alpha value is -3.25. The van der Waals surface area contributed by atoms with Gasteiger partial charge >= 0.3 is 0 Å². The van der Waals surface area contributed by atoms with Crippen molar-refractivity contribution in [1.82, 2.24) is 19.5 Å². The minimum absolute atomic E-state index is 0.339. The topological polar surface area (TPSA) is 63.8 Å². The van der Waals surface area contributed by atoms with Crippen LogP contribution in [0.2, 0.25) is 10.2 Å². The Morgan fingerprint density at radius 3 is 2.41 bits per heavy atom. The van der Waals surface area contributed by atoms with Gasteiger partial charge in [-0.1, -0.05) is 59.6 Å². The van der Waals surface area contributed by atoms with E-state index >= 15 is 0 Å². The zero-order valence-corrected chi connectivity index (χ0v) is 20.4. The molecule has 2 aromatic carbocycles. The second-order valence-corrected chi connectivity index (χ2v) is 9.17. The molecule has 1 N–H and O–H groups in total. The van der Waals surface area contributed by atoms with Gasteiger partial charge in [0.1, 0.15) is 5.15 Å². The number of aryl methyl sites for hydroxylation is 3. The largest absolute Gasteiger partial charge is 0.374 e. The lowest BCUT2D eigenvalue weighted by Crippen LogP contribution is -2.31. The minimum atomic E-state index is -1.49. The summed E-state index contributed by atoms with van der Waals surface area (Å²) in [6, 6.07) is 17.2. The number of nitrogens with zero attached hydrogens (tertiary/aromatic N) is 4. The maximum Gasteiger partial charge on any atom is 0.157 e. The predicted molar refractivity (Wildman–Crippen MR) is 136 cm³/mol. The van der Waals surface area contributed by atoms with Crippen LogP contribution in [0.15, 0.2) is 73.3 Å². The molecule has 0 fully saturated rings. The summed E-state index contributed by atoms with van der Waals surface area (Å²) in [4.78, 5) is 13.2. The van der Waals surface area contributed by atoms with Crippen molar-refractivity contribution in [2.45, 2.75) is 19.4 Å². The van der Waals surface area contributed by atoms with Crippen LogP contribution < -0.4 is 0 Å². The molecular formula is C27H22Cl2N4O. The summed E-state index contributed by atoms with van der Waals surface area (Å²) >= 11 is 13.6. The van der Waals surface area contributed by atoms with Gasteiger partial charge in [-0.3, -0.25) is 4.98 Å². The molecule has 5 nitrogen and oxygen atoms in total. The van der Waals surface area contributed by atoms with Crippen molar-refractivity contribution in [3.05, 3.63) is 112 Å². The van der Waals surface area contributed by atoms with Crippen molar-refractivity contribution >= 4 is 34.1 Å². The lowest BCUT2D eigenvalue weighted by atomic mass is 9.82. The Balaban J connectivity index is 1.84. The zero-order chi connectivity index (χ0) is 24.0. The average Bonchev–Trinajstić information content (AvgIpc) is 3.26. The summed E-state index contributed by atoms with van der Waals surface area (Å²) in [6.07, 6.45) is 5.04. The number of fused-ring (bicyclic) bond motifs is 1. The molecule has 0 aliphatic heterocycles. The fourth-order valence-corrected chi connectivity index (χ4v) is 5.15.